The standard InChI is InChI=1S/C19H23N3O7S/c1-3-5-13(19(26)29-2)21-30(27,28)15-7-4-6-11-12(15)10-22(18(11)25)14-8-9-16(23)20-17(14)24/h4,6-7,13-14,21H,3,5,8-10H2,1-2H3,(H,20,23,24)/t13-,14?/m1/s1. The van der Waals surface area contributed by atoms with Crippen LogP contribution in [0, 0.1) is 0 Å². The maximum Gasteiger partial charge on any atom is 0.323 e. The Morgan fingerprint density at radius 1 is 1.33 bits per heavy atom. The number of carbonyl (C=O) groups is 4. The summed E-state index contributed by atoms with van der Waals surface area (Å²) in [5.74, 6) is -2.16. The number of nitrogens with one attached hydrogen (secondary N) is 2. The van der Waals surface area contributed by atoms with Gasteiger partial charge in [-0.15, -0.1) is 0 Å². The highest BCUT2D eigenvalue weighted by Gasteiger charge is 2.41. The SMILES string of the molecule is CCC[C@@H](NS(=O)(=O)c1cccc2c1CN(C1CCC(=O)NC1=O)C2=O)C(=O)OC. The minimum atomic E-state index is -4.15. The summed E-state index contributed by atoms with van der Waals surface area (Å²) in [5, 5.41) is 2.20. The summed E-state index contributed by atoms with van der Waals surface area (Å²) < 4.78 is 33.1. The van der Waals surface area contributed by atoms with Gasteiger partial charge in [0.15, 0.2) is 0 Å². The molecule has 1 unspecified atom stereocenters. The normalized spacial score (nSPS) is 20.0. The van der Waals surface area contributed by atoms with E-state index in [9.17, 15) is 27.6 Å². The fraction of sp³-hybridized carbons (Fsp3) is 0.474. The zero-order valence-corrected chi connectivity index (χ0v) is 17.5. The zero-order valence-electron chi connectivity index (χ0n) is 16.6. The first-order valence-electron chi connectivity index (χ1n) is 9.56. The molecule has 0 bridgehead atoms. The number of benzene rings is 1. The number of esters is 1. The summed E-state index contributed by atoms with van der Waals surface area (Å²) in [6.07, 6.45) is 1.08. The number of fused-ring (bicyclic) bond motifs is 1. The van der Waals surface area contributed by atoms with Crippen molar-refractivity contribution in [1.82, 2.24) is 14.9 Å². The molecule has 2 heterocycles. The number of rotatable bonds is 7. The van der Waals surface area contributed by atoms with Crippen LogP contribution < -0.4 is 10.0 Å². The van der Waals surface area contributed by atoms with E-state index in [1.165, 1.54) is 30.2 Å². The van der Waals surface area contributed by atoms with Gasteiger partial charge in [-0.3, -0.25) is 24.5 Å². The van der Waals surface area contributed by atoms with Crippen LogP contribution >= 0.6 is 0 Å². The molecular formula is C19H23N3O7S. The maximum absolute atomic E-state index is 13.0. The number of piperidine rings is 1. The van der Waals surface area contributed by atoms with Gasteiger partial charge in [0.2, 0.25) is 21.8 Å². The largest absolute Gasteiger partial charge is 0.468 e. The molecule has 3 amide bonds. The minimum absolute atomic E-state index is 0.0891. The predicted molar refractivity (Wildman–Crippen MR) is 104 cm³/mol. The summed E-state index contributed by atoms with van der Waals surface area (Å²) in [5.41, 5.74) is 0.424. The molecular weight excluding hydrogens is 414 g/mol. The third-order valence-corrected chi connectivity index (χ3v) is 6.75. The molecule has 1 aromatic carbocycles. The van der Waals surface area contributed by atoms with E-state index >= 15 is 0 Å². The molecule has 0 aliphatic carbocycles. The molecule has 1 fully saturated rings. The fourth-order valence-corrected chi connectivity index (χ4v) is 5.19. The highest BCUT2D eigenvalue weighted by molar-refractivity contribution is 7.89. The van der Waals surface area contributed by atoms with Gasteiger partial charge in [0, 0.05) is 24.1 Å². The third kappa shape index (κ3) is 4.08. The molecule has 1 aromatic rings. The molecule has 10 nitrogen and oxygen atoms in total. The highest BCUT2D eigenvalue weighted by atomic mass is 32.2. The van der Waals surface area contributed by atoms with E-state index in [2.05, 4.69) is 14.8 Å². The first-order chi connectivity index (χ1) is 14.2. The van der Waals surface area contributed by atoms with E-state index in [1.54, 1.807) is 6.92 Å². The molecule has 0 saturated carbocycles. The van der Waals surface area contributed by atoms with Crippen LogP contribution in [-0.4, -0.2) is 56.2 Å². The molecule has 0 aromatic heterocycles. The molecule has 0 spiro atoms. The van der Waals surface area contributed by atoms with Crippen LogP contribution in [0.15, 0.2) is 23.1 Å². The lowest BCUT2D eigenvalue weighted by molar-refractivity contribution is -0.143. The Morgan fingerprint density at radius 2 is 2.07 bits per heavy atom. The summed E-state index contributed by atoms with van der Waals surface area (Å²) in [6.45, 7) is 1.72. The van der Waals surface area contributed by atoms with Gasteiger partial charge in [0.05, 0.1) is 12.0 Å². The lowest BCUT2D eigenvalue weighted by atomic mass is 10.0. The number of nitrogens with zero attached hydrogens (tertiary/aromatic N) is 1. The monoisotopic (exact) mass is 437 g/mol. The Hall–Kier alpha value is -2.79. The molecule has 3 rings (SSSR count). The number of carbonyl (C=O) groups excluding carboxylic acids is 4. The van der Waals surface area contributed by atoms with Crippen LogP contribution in [0.2, 0.25) is 0 Å². The summed E-state index contributed by atoms with van der Waals surface area (Å²) in [7, 11) is -2.97. The molecule has 162 valence electrons. The van der Waals surface area contributed by atoms with E-state index < -0.39 is 45.8 Å². The minimum Gasteiger partial charge on any atom is -0.468 e. The van der Waals surface area contributed by atoms with E-state index in [1.807, 2.05) is 0 Å². The summed E-state index contributed by atoms with van der Waals surface area (Å²) >= 11 is 0. The number of methoxy groups -OCH3 is 1. The average molecular weight is 437 g/mol. The second-order valence-corrected chi connectivity index (χ2v) is 8.85. The van der Waals surface area contributed by atoms with Crippen molar-refractivity contribution in [2.75, 3.05) is 7.11 Å². The third-order valence-electron chi connectivity index (χ3n) is 5.19. The van der Waals surface area contributed by atoms with Gasteiger partial charge >= 0.3 is 5.97 Å². The van der Waals surface area contributed by atoms with Crippen molar-refractivity contribution in [3.05, 3.63) is 29.3 Å². The molecule has 11 heteroatoms. The first-order valence-corrected chi connectivity index (χ1v) is 11.0. The van der Waals surface area contributed by atoms with E-state index in [4.69, 9.17) is 0 Å². The van der Waals surface area contributed by atoms with Gasteiger partial charge < -0.3 is 9.64 Å². The van der Waals surface area contributed by atoms with Crippen molar-refractivity contribution < 1.29 is 32.3 Å². The van der Waals surface area contributed by atoms with Crippen LogP contribution in [0.5, 0.6) is 0 Å². The number of sulfonamides is 1. The number of amides is 3. The molecule has 0 radical (unpaired) electrons. The van der Waals surface area contributed by atoms with Gasteiger partial charge in [-0.05, 0) is 25.0 Å². The van der Waals surface area contributed by atoms with Gasteiger partial charge in [0.1, 0.15) is 12.1 Å². The Kier molecular flexibility index (Phi) is 6.22. The van der Waals surface area contributed by atoms with Crippen molar-refractivity contribution >= 4 is 33.7 Å². The van der Waals surface area contributed by atoms with E-state index in [0.717, 1.165) is 0 Å². The smallest absolute Gasteiger partial charge is 0.323 e. The maximum atomic E-state index is 13.0. The van der Waals surface area contributed by atoms with E-state index in [-0.39, 0.29) is 41.8 Å². The Balaban J connectivity index is 1.91. The lowest BCUT2D eigenvalue weighted by Crippen LogP contribution is -2.52. The lowest BCUT2D eigenvalue weighted by Gasteiger charge is -2.29. The molecule has 2 aliphatic rings. The average Bonchev–Trinajstić information content (AvgIpc) is 3.03. The van der Waals surface area contributed by atoms with Gasteiger partial charge in [-0.1, -0.05) is 19.4 Å². The zero-order chi connectivity index (χ0) is 22.1. The van der Waals surface area contributed by atoms with Crippen molar-refractivity contribution in [2.24, 2.45) is 0 Å². The fourth-order valence-electron chi connectivity index (χ4n) is 3.72. The van der Waals surface area contributed by atoms with E-state index in [0.29, 0.717) is 6.42 Å². The van der Waals surface area contributed by atoms with Gasteiger partial charge in [-0.2, -0.15) is 4.72 Å². The summed E-state index contributed by atoms with van der Waals surface area (Å²) in [6, 6.07) is 2.37. The Bertz CT molecular complexity index is 1010. The highest BCUT2D eigenvalue weighted by Crippen LogP contribution is 2.32. The molecule has 30 heavy (non-hydrogen) atoms. The quantitative estimate of drug-likeness (QED) is 0.454. The number of imide groups is 1. The second kappa shape index (κ2) is 8.52. The topological polar surface area (TPSA) is 139 Å². The first kappa shape index (κ1) is 21.9. The number of ether oxygens (including phenoxy) is 1. The van der Waals surface area contributed by atoms with Crippen molar-refractivity contribution in [1.29, 1.82) is 0 Å². The molecule has 2 aliphatic heterocycles. The van der Waals surface area contributed by atoms with Crippen LogP contribution in [-0.2, 0) is 35.7 Å². The molecule has 1 saturated heterocycles. The Labute approximate surface area is 174 Å². The van der Waals surface area contributed by atoms with Gasteiger partial charge in [-0.25, -0.2) is 8.42 Å². The van der Waals surface area contributed by atoms with Crippen LogP contribution in [0.25, 0.3) is 0 Å². The van der Waals surface area contributed by atoms with Crippen LogP contribution in [0.1, 0.15) is 48.5 Å². The molecule has 2 atom stereocenters. The summed E-state index contributed by atoms with van der Waals surface area (Å²) in [4.78, 5) is 49.5. The van der Waals surface area contributed by atoms with Crippen molar-refractivity contribution in [3.8, 4) is 0 Å². The molecule has 2 N–H and O–H groups in total. The van der Waals surface area contributed by atoms with Crippen molar-refractivity contribution in [2.45, 2.75) is 56.1 Å². The second-order valence-electron chi connectivity index (χ2n) is 7.17. The van der Waals surface area contributed by atoms with Crippen LogP contribution in [0.3, 0.4) is 0 Å². The Morgan fingerprint density at radius 3 is 2.70 bits per heavy atom. The predicted octanol–water partition coefficient (Wildman–Crippen LogP) is 0.0676. The van der Waals surface area contributed by atoms with Crippen LogP contribution in [0.4, 0.5) is 0 Å². The number of hydrogen-bond donors (Lipinski definition) is 2. The number of hydrogen-bond acceptors (Lipinski definition) is 7. The van der Waals surface area contributed by atoms with Gasteiger partial charge in [0.25, 0.3) is 5.91 Å². The van der Waals surface area contributed by atoms with Crippen molar-refractivity contribution in [3.63, 3.8) is 0 Å².